The molecule has 0 fully saturated rings. The van der Waals surface area contributed by atoms with E-state index in [1.807, 2.05) is 0 Å². The van der Waals surface area contributed by atoms with E-state index in [1.54, 1.807) is 34.9 Å². The third-order valence-corrected chi connectivity index (χ3v) is 5.59. The number of aromatic nitrogens is 2. The summed E-state index contributed by atoms with van der Waals surface area (Å²) >= 11 is 5.21. The maximum Gasteiger partial charge on any atom is 0.175 e. The van der Waals surface area contributed by atoms with Gasteiger partial charge < -0.3 is 0 Å². The van der Waals surface area contributed by atoms with Gasteiger partial charge in [-0.2, -0.15) is 0 Å². The van der Waals surface area contributed by atoms with E-state index in [0.29, 0.717) is 0 Å². The van der Waals surface area contributed by atoms with Gasteiger partial charge in [0.15, 0.2) is 8.68 Å². The molecular weight excluding hydrogens is 280 g/mol. The molecule has 0 saturated carbocycles. The molecule has 0 spiro atoms. The van der Waals surface area contributed by atoms with Crippen molar-refractivity contribution in [2.24, 2.45) is 0 Å². The van der Waals surface area contributed by atoms with Crippen LogP contribution in [0.15, 0.2) is 32.9 Å². The first-order valence-corrected chi connectivity index (χ1v) is 8.77. The lowest BCUT2D eigenvalue weighted by atomic mass is 10.1. The van der Waals surface area contributed by atoms with Crippen LogP contribution in [0.5, 0.6) is 0 Å². The Morgan fingerprint density at radius 2 is 1.56 bits per heavy atom. The van der Waals surface area contributed by atoms with Crippen LogP contribution >= 0.6 is 34.9 Å². The van der Waals surface area contributed by atoms with Gasteiger partial charge >= 0.3 is 0 Å². The van der Waals surface area contributed by atoms with Crippen LogP contribution in [0, 0.1) is 0 Å². The Balaban J connectivity index is 1.89. The number of hydrogen-bond donors (Lipinski definition) is 0. The highest BCUT2D eigenvalue weighted by molar-refractivity contribution is 8.02. The van der Waals surface area contributed by atoms with Crippen molar-refractivity contribution in [1.29, 1.82) is 0 Å². The summed E-state index contributed by atoms with van der Waals surface area (Å²) in [4.78, 5) is 0. The van der Waals surface area contributed by atoms with E-state index in [-0.39, 0.29) is 0 Å². The highest BCUT2D eigenvalue weighted by Crippen LogP contribution is 2.30. The molecule has 0 N–H and O–H groups in total. The van der Waals surface area contributed by atoms with E-state index in [0.717, 1.165) is 26.6 Å². The molecule has 2 nitrogen and oxygen atoms in total. The molecule has 0 saturated heterocycles. The fourth-order valence-corrected chi connectivity index (χ4v) is 4.33. The molecule has 2 rings (SSSR count). The summed E-state index contributed by atoms with van der Waals surface area (Å²) < 4.78 is 2.13. The van der Waals surface area contributed by atoms with Crippen molar-refractivity contribution in [3.05, 3.63) is 35.4 Å². The summed E-state index contributed by atoms with van der Waals surface area (Å²) in [5.41, 5.74) is 2.73. The predicted octanol–water partition coefficient (Wildman–Crippen LogP) is 4.50. The van der Waals surface area contributed by atoms with Crippen molar-refractivity contribution in [2.45, 2.75) is 34.7 Å². The Kier molecular flexibility index (Phi) is 5.53. The maximum absolute atomic E-state index is 4.19. The molecule has 96 valence electrons. The minimum absolute atomic E-state index is 0.968. The quantitative estimate of drug-likeness (QED) is 0.733. The highest BCUT2D eigenvalue weighted by atomic mass is 32.2. The zero-order valence-corrected chi connectivity index (χ0v) is 13.0. The van der Waals surface area contributed by atoms with Crippen molar-refractivity contribution in [3.63, 3.8) is 0 Å². The molecule has 0 bridgehead atoms. The number of rotatable bonds is 6. The van der Waals surface area contributed by atoms with Gasteiger partial charge in [-0.05, 0) is 23.3 Å². The van der Waals surface area contributed by atoms with Gasteiger partial charge in [0.2, 0.25) is 0 Å². The van der Waals surface area contributed by atoms with Gasteiger partial charge in [0.1, 0.15) is 0 Å². The lowest BCUT2D eigenvalue weighted by Gasteiger charge is -2.00. The van der Waals surface area contributed by atoms with Crippen LogP contribution in [0.2, 0.25) is 0 Å². The van der Waals surface area contributed by atoms with Gasteiger partial charge in [0.25, 0.3) is 0 Å². The highest BCUT2D eigenvalue weighted by Gasteiger charge is 2.04. The molecule has 0 radical (unpaired) electrons. The zero-order chi connectivity index (χ0) is 12.8. The van der Waals surface area contributed by atoms with Crippen LogP contribution in [0.3, 0.4) is 0 Å². The van der Waals surface area contributed by atoms with E-state index in [4.69, 9.17) is 0 Å². The molecule has 0 amide bonds. The molecule has 1 aromatic heterocycles. The van der Waals surface area contributed by atoms with Crippen LogP contribution in [-0.2, 0) is 12.2 Å². The topological polar surface area (TPSA) is 25.8 Å². The van der Waals surface area contributed by atoms with Gasteiger partial charge in [-0.3, -0.25) is 0 Å². The zero-order valence-electron chi connectivity index (χ0n) is 10.5. The Morgan fingerprint density at radius 1 is 0.944 bits per heavy atom. The van der Waals surface area contributed by atoms with E-state index < -0.39 is 0 Å². The Morgan fingerprint density at radius 3 is 2.17 bits per heavy atom. The lowest BCUT2D eigenvalue weighted by molar-refractivity contribution is 0.954. The van der Waals surface area contributed by atoms with Crippen molar-refractivity contribution >= 4 is 34.9 Å². The fraction of sp³-hybridized carbons (Fsp3) is 0.385. The summed E-state index contributed by atoms with van der Waals surface area (Å²) in [6, 6.07) is 8.81. The van der Waals surface area contributed by atoms with Crippen molar-refractivity contribution in [3.8, 4) is 0 Å². The average molecular weight is 296 g/mol. The number of thioether (sulfide) groups is 2. The molecule has 5 heteroatoms. The third-order valence-electron chi connectivity index (χ3n) is 2.45. The normalized spacial score (nSPS) is 10.8. The molecule has 0 aliphatic carbocycles. The fourth-order valence-electron chi connectivity index (χ4n) is 1.45. The molecule has 0 aliphatic heterocycles. The van der Waals surface area contributed by atoms with Crippen LogP contribution in [0.4, 0.5) is 0 Å². The van der Waals surface area contributed by atoms with Gasteiger partial charge in [0, 0.05) is 5.75 Å². The Hall–Kier alpha value is -0.520. The van der Waals surface area contributed by atoms with Gasteiger partial charge in [-0.25, -0.2) is 0 Å². The Bertz CT molecular complexity index is 479. The molecule has 1 aromatic carbocycles. The summed E-state index contributed by atoms with van der Waals surface area (Å²) in [7, 11) is 0. The summed E-state index contributed by atoms with van der Waals surface area (Å²) in [5.74, 6) is 2.02. The van der Waals surface area contributed by atoms with Gasteiger partial charge in [0.05, 0.1) is 0 Å². The first-order chi connectivity index (χ1) is 8.81. The van der Waals surface area contributed by atoms with Crippen LogP contribution in [-0.4, -0.2) is 16.0 Å². The SMILES string of the molecule is CCSc1nnc(SCc2ccc(CC)cc2)s1. The van der Waals surface area contributed by atoms with Crippen LogP contribution in [0.1, 0.15) is 25.0 Å². The monoisotopic (exact) mass is 296 g/mol. The van der Waals surface area contributed by atoms with E-state index in [1.165, 1.54) is 11.1 Å². The molecular formula is C13H16N2S3. The second-order valence-electron chi connectivity index (χ2n) is 3.73. The second-order valence-corrected chi connectivity index (χ2v) is 7.44. The van der Waals surface area contributed by atoms with Crippen LogP contribution in [0.25, 0.3) is 0 Å². The van der Waals surface area contributed by atoms with Crippen molar-refractivity contribution in [1.82, 2.24) is 10.2 Å². The molecule has 2 aromatic rings. The molecule has 1 heterocycles. The van der Waals surface area contributed by atoms with E-state index >= 15 is 0 Å². The third kappa shape index (κ3) is 4.00. The summed E-state index contributed by atoms with van der Waals surface area (Å²) in [5, 5.41) is 8.35. The van der Waals surface area contributed by atoms with E-state index in [2.05, 4.69) is 48.3 Å². The lowest BCUT2D eigenvalue weighted by Crippen LogP contribution is -1.83. The summed E-state index contributed by atoms with van der Waals surface area (Å²) in [6.45, 7) is 4.31. The summed E-state index contributed by atoms with van der Waals surface area (Å²) in [6.07, 6.45) is 1.10. The minimum atomic E-state index is 0.968. The Labute approximate surface area is 121 Å². The van der Waals surface area contributed by atoms with Crippen molar-refractivity contribution < 1.29 is 0 Å². The first-order valence-electron chi connectivity index (χ1n) is 5.98. The number of nitrogens with zero attached hydrogens (tertiary/aromatic N) is 2. The number of aryl methyl sites for hydroxylation is 1. The average Bonchev–Trinajstić information content (AvgIpc) is 2.85. The molecule has 18 heavy (non-hydrogen) atoms. The van der Waals surface area contributed by atoms with Crippen LogP contribution < -0.4 is 0 Å². The second kappa shape index (κ2) is 7.16. The first kappa shape index (κ1) is 13.9. The number of hydrogen-bond acceptors (Lipinski definition) is 5. The smallest absolute Gasteiger partial charge is 0.131 e. The van der Waals surface area contributed by atoms with E-state index in [9.17, 15) is 0 Å². The number of benzene rings is 1. The van der Waals surface area contributed by atoms with Gasteiger partial charge in [-0.15, -0.1) is 10.2 Å². The largest absolute Gasteiger partial charge is 0.175 e. The maximum atomic E-state index is 4.19. The minimum Gasteiger partial charge on any atom is -0.131 e. The standard InChI is InChI=1S/C13H16N2S3/c1-3-10-5-7-11(8-6-10)9-17-13-15-14-12(18-13)16-4-2/h5-8H,3-4,9H2,1-2H3. The molecule has 0 aliphatic rings. The van der Waals surface area contributed by atoms with Crippen molar-refractivity contribution in [2.75, 3.05) is 5.75 Å². The predicted molar refractivity (Wildman–Crippen MR) is 81.7 cm³/mol. The van der Waals surface area contributed by atoms with Gasteiger partial charge in [-0.1, -0.05) is 73.0 Å². The molecule has 0 atom stereocenters. The molecule has 0 unspecified atom stereocenters.